The highest BCUT2D eigenvalue weighted by molar-refractivity contribution is 6.32. The van der Waals surface area contributed by atoms with E-state index in [0.717, 1.165) is 10.2 Å². The Labute approximate surface area is 166 Å². The largest absolute Gasteiger partial charge is 0.493 e. The van der Waals surface area contributed by atoms with E-state index < -0.39 is 17.9 Å². The van der Waals surface area contributed by atoms with Crippen LogP contribution in [0.2, 0.25) is 5.02 Å². The second kappa shape index (κ2) is 8.14. The predicted molar refractivity (Wildman–Crippen MR) is 104 cm³/mol. The monoisotopic (exact) mass is 399 g/mol. The van der Waals surface area contributed by atoms with Crippen LogP contribution in [0.1, 0.15) is 34.1 Å². The number of aromatic nitrogens is 2. The molecule has 0 saturated heterocycles. The molecule has 0 radical (unpaired) electrons. The number of aryl methyl sites for hydroxylation is 1. The third-order valence-electron chi connectivity index (χ3n) is 4.25. The zero-order valence-corrected chi connectivity index (χ0v) is 15.7. The van der Waals surface area contributed by atoms with Crippen LogP contribution in [-0.4, -0.2) is 31.9 Å². The van der Waals surface area contributed by atoms with Crippen LogP contribution in [0.4, 0.5) is 0 Å². The highest BCUT2D eigenvalue weighted by Gasteiger charge is 2.23. The summed E-state index contributed by atoms with van der Waals surface area (Å²) in [4.78, 5) is 23.9. The molecule has 0 fully saturated rings. The molecule has 3 aromatic rings. The number of rotatable bonds is 6. The van der Waals surface area contributed by atoms with Crippen molar-refractivity contribution < 1.29 is 19.8 Å². The summed E-state index contributed by atoms with van der Waals surface area (Å²) in [5.74, 6) is -1.91. The van der Waals surface area contributed by atoms with Crippen LogP contribution in [0.3, 0.4) is 0 Å². The number of aromatic hydroxyl groups is 1. The van der Waals surface area contributed by atoms with E-state index in [1.165, 1.54) is 6.07 Å². The molecule has 3 rings (SSSR count). The Morgan fingerprint density at radius 1 is 1.18 bits per heavy atom. The standard InChI is InChI=1S/C20H18ClN3O4/c1-12-6-2-3-7-13(12)15(11-19(26)27)22-20(28)16-10-18(25)24(23-16)17-9-5-4-8-14(17)21/h2-10,15,25H,11H2,1H3,(H,22,28)(H,26,27)/t15-/m0/s1. The van der Waals surface area contributed by atoms with E-state index in [1.54, 1.807) is 36.4 Å². The number of carbonyl (C=O) groups is 2. The molecular weight excluding hydrogens is 382 g/mol. The number of halogens is 1. The number of para-hydroxylation sites is 1. The molecule has 0 saturated carbocycles. The molecule has 0 spiro atoms. The summed E-state index contributed by atoms with van der Waals surface area (Å²) in [7, 11) is 0. The summed E-state index contributed by atoms with van der Waals surface area (Å²) in [6.45, 7) is 1.84. The van der Waals surface area contributed by atoms with Crippen LogP contribution >= 0.6 is 11.6 Å². The second-order valence-electron chi connectivity index (χ2n) is 6.23. The molecule has 1 aromatic heterocycles. The van der Waals surface area contributed by atoms with Gasteiger partial charge in [-0.3, -0.25) is 9.59 Å². The lowest BCUT2D eigenvalue weighted by molar-refractivity contribution is -0.137. The Balaban J connectivity index is 1.89. The molecule has 0 unspecified atom stereocenters. The summed E-state index contributed by atoms with van der Waals surface area (Å²) in [6, 6.07) is 14.4. The Morgan fingerprint density at radius 3 is 2.54 bits per heavy atom. The van der Waals surface area contributed by atoms with Gasteiger partial charge in [0.1, 0.15) is 0 Å². The molecule has 0 aliphatic heterocycles. The maximum Gasteiger partial charge on any atom is 0.305 e. The molecule has 2 aromatic carbocycles. The molecule has 1 atom stereocenters. The molecule has 1 heterocycles. The minimum absolute atomic E-state index is 0.0543. The van der Waals surface area contributed by atoms with E-state index in [1.807, 2.05) is 19.1 Å². The number of nitrogens with one attached hydrogen (secondary N) is 1. The van der Waals surface area contributed by atoms with Gasteiger partial charge < -0.3 is 15.5 Å². The number of amides is 1. The Hall–Kier alpha value is -3.32. The molecule has 144 valence electrons. The van der Waals surface area contributed by atoms with Gasteiger partial charge in [-0.2, -0.15) is 9.78 Å². The van der Waals surface area contributed by atoms with Gasteiger partial charge in [0.05, 0.1) is 23.2 Å². The number of aliphatic carboxylic acids is 1. The van der Waals surface area contributed by atoms with Crippen LogP contribution < -0.4 is 5.32 Å². The quantitative estimate of drug-likeness (QED) is 0.588. The highest BCUT2D eigenvalue weighted by atomic mass is 35.5. The summed E-state index contributed by atoms with van der Waals surface area (Å²) >= 11 is 6.12. The lowest BCUT2D eigenvalue weighted by Crippen LogP contribution is -2.31. The van der Waals surface area contributed by atoms with Crippen LogP contribution in [0.5, 0.6) is 5.88 Å². The fraction of sp³-hybridized carbons (Fsp3) is 0.150. The molecule has 0 bridgehead atoms. The van der Waals surface area contributed by atoms with Crippen molar-refractivity contribution >= 4 is 23.5 Å². The van der Waals surface area contributed by atoms with Crippen molar-refractivity contribution in [1.82, 2.24) is 15.1 Å². The zero-order valence-electron chi connectivity index (χ0n) is 15.0. The normalized spacial score (nSPS) is 11.8. The number of nitrogens with zero attached hydrogens (tertiary/aromatic N) is 2. The Kier molecular flexibility index (Phi) is 5.65. The first-order chi connectivity index (χ1) is 13.4. The van der Waals surface area contributed by atoms with Crippen LogP contribution in [0.15, 0.2) is 54.6 Å². The topological polar surface area (TPSA) is 104 Å². The first-order valence-electron chi connectivity index (χ1n) is 8.49. The van der Waals surface area contributed by atoms with Crippen molar-refractivity contribution in [3.8, 4) is 11.6 Å². The fourth-order valence-electron chi connectivity index (χ4n) is 2.91. The first kappa shape index (κ1) is 19.4. The van der Waals surface area contributed by atoms with Crippen LogP contribution in [0.25, 0.3) is 5.69 Å². The molecule has 1 amide bonds. The zero-order chi connectivity index (χ0) is 20.3. The molecule has 8 heteroatoms. The van der Waals surface area contributed by atoms with E-state index >= 15 is 0 Å². The maximum absolute atomic E-state index is 12.7. The van der Waals surface area contributed by atoms with Crippen LogP contribution in [0, 0.1) is 6.92 Å². The third kappa shape index (κ3) is 4.15. The van der Waals surface area contributed by atoms with Gasteiger partial charge >= 0.3 is 5.97 Å². The molecule has 0 aliphatic rings. The van der Waals surface area contributed by atoms with Crippen molar-refractivity contribution in [2.45, 2.75) is 19.4 Å². The lowest BCUT2D eigenvalue weighted by Gasteiger charge is -2.18. The maximum atomic E-state index is 12.7. The number of benzene rings is 2. The number of carboxylic acids is 1. The van der Waals surface area contributed by atoms with Crippen molar-refractivity contribution in [2.75, 3.05) is 0 Å². The number of carboxylic acid groups (broad SMARTS) is 1. The number of hydrogen-bond acceptors (Lipinski definition) is 4. The smallest absolute Gasteiger partial charge is 0.305 e. The lowest BCUT2D eigenvalue weighted by atomic mass is 9.98. The third-order valence-corrected chi connectivity index (χ3v) is 4.57. The van der Waals surface area contributed by atoms with Crippen molar-refractivity contribution in [3.05, 3.63) is 76.4 Å². The van der Waals surface area contributed by atoms with Crippen molar-refractivity contribution in [3.63, 3.8) is 0 Å². The molecular formula is C20H18ClN3O4. The summed E-state index contributed by atoms with van der Waals surface area (Å²) in [5.41, 5.74) is 1.93. The summed E-state index contributed by atoms with van der Waals surface area (Å²) < 4.78 is 1.15. The van der Waals surface area contributed by atoms with Gasteiger partial charge in [0.15, 0.2) is 5.69 Å². The Bertz CT molecular complexity index is 1030. The second-order valence-corrected chi connectivity index (χ2v) is 6.64. The van der Waals surface area contributed by atoms with Gasteiger partial charge in [-0.15, -0.1) is 0 Å². The van der Waals surface area contributed by atoms with Crippen molar-refractivity contribution in [1.29, 1.82) is 0 Å². The number of hydrogen-bond donors (Lipinski definition) is 3. The van der Waals surface area contributed by atoms with Crippen LogP contribution in [-0.2, 0) is 4.79 Å². The minimum Gasteiger partial charge on any atom is -0.493 e. The van der Waals surface area contributed by atoms with Gasteiger partial charge in [0, 0.05) is 6.07 Å². The van der Waals surface area contributed by atoms with Gasteiger partial charge in [-0.1, -0.05) is 48.0 Å². The molecule has 7 nitrogen and oxygen atoms in total. The van der Waals surface area contributed by atoms with E-state index in [4.69, 9.17) is 11.6 Å². The van der Waals surface area contributed by atoms with Gasteiger partial charge in [0.25, 0.3) is 5.91 Å². The molecule has 28 heavy (non-hydrogen) atoms. The predicted octanol–water partition coefficient (Wildman–Crippen LogP) is 3.49. The average Bonchev–Trinajstić information content (AvgIpc) is 3.03. The van der Waals surface area contributed by atoms with E-state index in [9.17, 15) is 19.8 Å². The highest BCUT2D eigenvalue weighted by Crippen LogP contribution is 2.25. The van der Waals surface area contributed by atoms with E-state index in [2.05, 4.69) is 10.4 Å². The van der Waals surface area contributed by atoms with E-state index in [-0.39, 0.29) is 18.0 Å². The molecule has 3 N–H and O–H groups in total. The average molecular weight is 400 g/mol. The minimum atomic E-state index is -1.04. The van der Waals surface area contributed by atoms with E-state index in [0.29, 0.717) is 16.3 Å². The summed E-state index contributed by atoms with van der Waals surface area (Å²) in [5, 5.41) is 26.5. The van der Waals surface area contributed by atoms with Gasteiger partial charge in [-0.25, -0.2) is 0 Å². The fourth-order valence-corrected chi connectivity index (χ4v) is 3.12. The van der Waals surface area contributed by atoms with Gasteiger partial charge in [0.2, 0.25) is 5.88 Å². The van der Waals surface area contributed by atoms with Crippen molar-refractivity contribution in [2.24, 2.45) is 0 Å². The number of carbonyl (C=O) groups excluding carboxylic acids is 1. The van der Waals surface area contributed by atoms with Gasteiger partial charge in [-0.05, 0) is 30.2 Å². The summed E-state index contributed by atoms with van der Waals surface area (Å²) in [6.07, 6.45) is -0.284. The Morgan fingerprint density at radius 2 is 1.86 bits per heavy atom. The SMILES string of the molecule is Cc1ccccc1[C@H](CC(=O)O)NC(=O)c1cc(O)n(-c2ccccc2Cl)n1. The first-order valence-corrected chi connectivity index (χ1v) is 8.86. The molecule has 0 aliphatic carbocycles.